The van der Waals surface area contributed by atoms with E-state index in [4.69, 9.17) is 4.74 Å². The van der Waals surface area contributed by atoms with Gasteiger partial charge >= 0.3 is 0 Å². The lowest BCUT2D eigenvalue weighted by Gasteiger charge is -2.30. The van der Waals surface area contributed by atoms with Crippen LogP contribution >= 0.6 is 0 Å². The van der Waals surface area contributed by atoms with E-state index in [9.17, 15) is 23.1 Å². The average Bonchev–Trinajstić information content (AvgIpc) is 3.18. The number of ether oxygens (including phenoxy) is 1. The number of sulfonamides is 1. The van der Waals surface area contributed by atoms with Crippen molar-refractivity contribution in [1.29, 1.82) is 0 Å². The minimum Gasteiger partial charge on any atom is -0.492 e. The van der Waals surface area contributed by atoms with Gasteiger partial charge in [0, 0.05) is 25.5 Å². The molecule has 0 bridgehead atoms. The number of aromatic nitrogens is 1. The summed E-state index contributed by atoms with van der Waals surface area (Å²) in [5.74, 6) is -0.459. The van der Waals surface area contributed by atoms with Crippen molar-refractivity contribution >= 4 is 44.1 Å². The first-order valence-corrected chi connectivity index (χ1v) is 14.7. The van der Waals surface area contributed by atoms with E-state index in [1.165, 1.54) is 7.11 Å². The summed E-state index contributed by atoms with van der Waals surface area (Å²) in [6.07, 6.45) is 1.91. The van der Waals surface area contributed by atoms with E-state index < -0.39 is 22.0 Å². The molecule has 2 aromatic carbocycles. The van der Waals surface area contributed by atoms with Gasteiger partial charge in [-0.2, -0.15) is 0 Å². The van der Waals surface area contributed by atoms with E-state index >= 15 is 0 Å². The molecule has 1 aliphatic rings. The molecule has 1 fully saturated rings. The molecule has 3 N–H and O–H groups in total. The van der Waals surface area contributed by atoms with E-state index in [-0.39, 0.29) is 29.3 Å². The van der Waals surface area contributed by atoms with Crippen molar-refractivity contribution in [3.05, 3.63) is 53.2 Å². The van der Waals surface area contributed by atoms with Crippen molar-refractivity contribution < 1.29 is 27.9 Å². The van der Waals surface area contributed by atoms with Gasteiger partial charge in [-0.05, 0) is 48.1 Å². The number of rotatable bonds is 6. The van der Waals surface area contributed by atoms with Crippen LogP contribution in [-0.2, 0) is 22.5 Å². The van der Waals surface area contributed by atoms with Gasteiger partial charge in [0.05, 0.1) is 41.9 Å². The number of anilines is 2. The number of aliphatic hydroxyl groups is 1. The minimum absolute atomic E-state index is 0.181. The number of carbonyl (C=O) groups is 2. The van der Waals surface area contributed by atoms with Gasteiger partial charge in [0.25, 0.3) is 11.8 Å². The van der Waals surface area contributed by atoms with Gasteiger partial charge in [0.15, 0.2) is 5.75 Å². The number of likely N-dealkylation sites (tertiary alicyclic amines) is 1. The largest absolute Gasteiger partial charge is 0.492 e. The standard InChI is InChI=1S/C28H36N4O6S/c1-28(2,3)18-14-21(25(38-5)22(15-18)30-39(6,36)37)29-26(34)23-13-17-9-7-11-20(24(17)31(23)4)27(35)32-12-8-10-19(33)16-32/h7,9,11,13-15,19,30,33H,8,10,12,16H2,1-6H3,(H,29,34). The van der Waals surface area contributed by atoms with Crippen LogP contribution in [0.15, 0.2) is 36.4 Å². The molecular weight excluding hydrogens is 520 g/mol. The second-order valence-electron chi connectivity index (χ2n) is 11.1. The first kappa shape index (κ1) is 28.4. The molecule has 2 amide bonds. The number of benzene rings is 2. The van der Waals surface area contributed by atoms with Crippen LogP contribution in [0.25, 0.3) is 10.9 Å². The predicted molar refractivity (Wildman–Crippen MR) is 152 cm³/mol. The number of methoxy groups -OCH3 is 1. The van der Waals surface area contributed by atoms with Crippen LogP contribution in [-0.4, -0.2) is 67.4 Å². The highest BCUT2D eigenvalue weighted by Crippen LogP contribution is 2.39. The maximum absolute atomic E-state index is 13.6. The molecule has 0 spiro atoms. The van der Waals surface area contributed by atoms with Crippen molar-refractivity contribution in [1.82, 2.24) is 9.47 Å². The van der Waals surface area contributed by atoms with Gasteiger partial charge in [-0.3, -0.25) is 14.3 Å². The predicted octanol–water partition coefficient (Wildman–Crippen LogP) is 3.71. The second kappa shape index (κ2) is 10.5. The summed E-state index contributed by atoms with van der Waals surface area (Å²) in [5.41, 5.74) is 2.35. The Bertz CT molecular complexity index is 1540. The van der Waals surface area contributed by atoms with Gasteiger partial charge in [-0.15, -0.1) is 0 Å². The SMILES string of the molecule is COc1c(NC(=O)c2cc3cccc(C(=O)N4CCCC(O)C4)c3n2C)cc(C(C)(C)C)cc1NS(C)(=O)=O. The highest BCUT2D eigenvalue weighted by molar-refractivity contribution is 7.92. The van der Waals surface area contributed by atoms with E-state index in [1.807, 2.05) is 26.8 Å². The van der Waals surface area contributed by atoms with Crippen molar-refractivity contribution in [3.8, 4) is 5.75 Å². The molecule has 10 nitrogen and oxygen atoms in total. The average molecular weight is 557 g/mol. The lowest BCUT2D eigenvalue weighted by Crippen LogP contribution is -2.42. The highest BCUT2D eigenvalue weighted by atomic mass is 32.2. The van der Waals surface area contributed by atoms with E-state index in [1.54, 1.807) is 46.8 Å². The van der Waals surface area contributed by atoms with E-state index in [0.717, 1.165) is 23.6 Å². The minimum atomic E-state index is -3.62. The molecule has 1 saturated heterocycles. The Morgan fingerprint density at radius 2 is 1.82 bits per heavy atom. The molecule has 0 saturated carbocycles. The van der Waals surface area contributed by atoms with Crippen LogP contribution in [0.1, 0.15) is 60.0 Å². The highest BCUT2D eigenvalue weighted by Gasteiger charge is 2.27. The number of aryl methyl sites for hydroxylation is 1. The zero-order chi connectivity index (χ0) is 28.7. The van der Waals surface area contributed by atoms with Gasteiger partial charge in [-0.25, -0.2) is 8.42 Å². The molecule has 1 aliphatic heterocycles. The Labute approximate surface area is 229 Å². The van der Waals surface area contributed by atoms with Crippen molar-refractivity contribution in [3.63, 3.8) is 0 Å². The lowest BCUT2D eigenvalue weighted by molar-refractivity contribution is 0.0475. The molecular formula is C28H36N4O6S. The number of fused-ring (bicyclic) bond motifs is 1. The molecule has 4 rings (SSSR count). The molecule has 0 radical (unpaired) electrons. The Balaban J connectivity index is 1.75. The van der Waals surface area contributed by atoms with Crippen molar-refractivity contribution in [2.24, 2.45) is 7.05 Å². The maximum Gasteiger partial charge on any atom is 0.272 e. The molecule has 39 heavy (non-hydrogen) atoms. The fraction of sp³-hybridized carbons (Fsp3) is 0.429. The third-order valence-electron chi connectivity index (χ3n) is 6.91. The van der Waals surface area contributed by atoms with Crippen LogP contribution in [0.2, 0.25) is 0 Å². The summed E-state index contributed by atoms with van der Waals surface area (Å²) in [6, 6.07) is 10.5. The number of β-amino-alcohol motifs (C(OH)–C–C–N with tert-alkyl or cyclic N) is 1. The van der Waals surface area contributed by atoms with E-state index in [2.05, 4.69) is 10.0 Å². The summed E-state index contributed by atoms with van der Waals surface area (Å²) in [7, 11) is -0.493. The van der Waals surface area contributed by atoms with Crippen LogP contribution in [0.3, 0.4) is 0 Å². The molecule has 1 atom stereocenters. The quantitative estimate of drug-likeness (QED) is 0.425. The zero-order valence-electron chi connectivity index (χ0n) is 23.2. The summed E-state index contributed by atoms with van der Waals surface area (Å²) in [4.78, 5) is 28.6. The van der Waals surface area contributed by atoms with Crippen molar-refractivity contribution in [2.75, 3.05) is 36.5 Å². The number of carbonyl (C=O) groups excluding carboxylic acids is 2. The topological polar surface area (TPSA) is 130 Å². The summed E-state index contributed by atoms with van der Waals surface area (Å²) in [6.45, 7) is 6.79. The maximum atomic E-state index is 13.6. The van der Waals surface area contributed by atoms with Crippen LogP contribution in [0, 0.1) is 0 Å². The Morgan fingerprint density at radius 1 is 1.13 bits per heavy atom. The van der Waals surface area contributed by atoms with Crippen LogP contribution in [0.5, 0.6) is 5.75 Å². The molecule has 1 aromatic heterocycles. The number of nitrogens with zero attached hydrogens (tertiary/aromatic N) is 2. The number of amides is 2. The number of para-hydroxylation sites is 1. The Kier molecular flexibility index (Phi) is 7.68. The third-order valence-corrected chi connectivity index (χ3v) is 7.50. The normalized spacial score (nSPS) is 16.3. The van der Waals surface area contributed by atoms with Gasteiger partial charge < -0.3 is 24.6 Å². The Morgan fingerprint density at radius 3 is 2.44 bits per heavy atom. The summed E-state index contributed by atoms with van der Waals surface area (Å²) in [5, 5.41) is 13.7. The lowest BCUT2D eigenvalue weighted by atomic mass is 9.86. The fourth-order valence-electron chi connectivity index (χ4n) is 4.95. The summed E-state index contributed by atoms with van der Waals surface area (Å²) >= 11 is 0. The number of hydrogen-bond donors (Lipinski definition) is 3. The van der Waals surface area contributed by atoms with Crippen LogP contribution in [0.4, 0.5) is 11.4 Å². The number of aliphatic hydroxyl groups excluding tert-OH is 1. The molecule has 3 aromatic rings. The van der Waals surface area contributed by atoms with Crippen molar-refractivity contribution in [2.45, 2.75) is 45.1 Å². The Hall–Kier alpha value is -3.57. The smallest absolute Gasteiger partial charge is 0.272 e. The molecule has 1 unspecified atom stereocenters. The summed E-state index contributed by atoms with van der Waals surface area (Å²) < 4.78 is 33.8. The number of piperidine rings is 1. The zero-order valence-corrected chi connectivity index (χ0v) is 24.0. The van der Waals surface area contributed by atoms with Gasteiger partial charge in [0.2, 0.25) is 10.0 Å². The first-order valence-electron chi connectivity index (χ1n) is 12.8. The molecule has 11 heteroatoms. The number of nitrogens with one attached hydrogen (secondary N) is 2. The number of hydrogen-bond acceptors (Lipinski definition) is 6. The molecule has 0 aliphatic carbocycles. The van der Waals surface area contributed by atoms with Gasteiger partial charge in [-0.1, -0.05) is 32.9 Å². The second-order valence-corrected chi connectivity index (χ2v) is 12.8. The fourth-order valence-corrected chi connectivity index (χ4v) is 5.50. The third kappa shape index (κ3) is 6.04. The molecule has 2 heterocycles. The molecule has 210 valence electrons. The van der Waals surface area contributed by atoms with Gasteiger partial charge in [0.1, 0.15) is 5.69 Å². The monoisotopic (exact) mass is 556 g/mol. The first-order chi connectivity index (χ1) is 18.2. The van der Waals surface area contributed by atoms with E-state index in [0.29, 0.717) is 35.4 Å². The van der Waals surface area contributed by atoms with Crippen LogP contribution < -0.4 is 14.8 Å².